The molecule has 0 saturated carbocycles. The molecular formula is C17H20N2O. The Hall–Kier alpha value is -2.00. The largest absolute Gasteiger partial charge is 0.493 e. The predicted octanol–water partition coefficient (Wildman–Crippen LogP) is 3.08. The Morgan fingerprint density at radius 2 is 1.85 bits per heavy atom. The fraction of sp³-hybridized carbons (Fsp3) is 0.294. The third-order valence-corrected chi connectivity index (χ3v) is 3.66. The zero-order valence-electron chi connectivity index (χ0n) is 11.6. The Balaban J connectivity index is 1.65. The number of ether oxygens (including phenoxy) is 1. The van der Waals surface area contributed by atoms with E-state index in [-0.39, 0.29) is 0 Å². The normalized spacial score (nSPS) is 13.4. The lowest BCUT2D eigenvalue weighted by atomic mass is 10.1. The second kappa shape index (κ2) is 5.97. The van der Waals surface area contributed by atoms with Crippen LogP contribution >= 0.6 is 0 Å². The van der Waals surface area contributed by atoms with Gasteiger partial charge in [-0.2, -0.15) is 0 Å². The molecule has 1 heterocycles. The fourth-order valence-corrected chi connectivity index (χ4v) is 2.47. The van der Waals surface area contributed by atoms with E-state index in [0.29, 0.717) is 6.54 Å². The zero-order chi connectivity index (χ0) is 13.8. The van der Waals surface area contributed by atoms with Crippen LogP contribution in [0.25, 0.3) is 0 Å². The van der Waals surface area contributed by atoms with Crippen molar-refractivity contribution in [3.8, 4) is 5.75 Å². The first-order valence-electron chi connectivity index (χ1n) is 7.12. The SMILES string of the molecule is NCc1ccc(CNc2ccc3c(c2)CCCO3)cc1. The molecule has 0 saturated heterocycles. The molecule has 0 aromatic heterocycles. The van der Waals surface area contributed by atoms with E-state index in [2.05, 4.69) is 47.8 Å². The van der Waals surface area contributed by atoms with Gasteiger partial charge in [0, 0.05) is 18.8 Å². The highest BCUT2D eigenvalue weighted by Crippen LogP contribution is 2.27. The second-order valence-electron chi connectivity index (χ2n) is 5.15. The van der Waals surface area contributed by atoms with E-state index in [4.69, 9.17) is 10.5 Å². The van der Waals surface area contributed by atoms with E-state index in [1.807, 2.05) is 0 Å². The molecule has 3 rings (SSSR count). The highest BCUT2D eigenvalue weighted by molar-refractivity contribution is 5.52. The van der Waals surface area contributed by atoms with Gasteiger partial charge in [0.1, 0.15) is 5.75 Å². The van der Waals surface area contributed by atoms with Gasteiger partial charge in [-0.05, 0) is 47.7 Å². The number of nitrogens with one attached hydrogen (secondary N) is 1. The van der Waals surface area contributed by atoms with Crippen molar-refractivity contribution in [2.45, 2.75) is 25.9 Å². The monoisotopic (exact) mass is 268 g/mol. The van der Waals surface area contributed by atoms with E-state index in [1.165, 1.54) is 16.7 Å². The van der Waals surface area contributed by atoms with Gasteiger partial charge < -0.3 is 15.8 Å². The minimum atomic E-state index is 0.596. The van der Waals surface area contributed by atoms with Crippen molar-refractivity contribution in [3.63, 3.8) is 0 Å². The van der Waals surface area contributed by atoms with E-state index >= 15 is 0 Å². The van der Waals surface area contributed by atoms with E-state index in [0.717, 1.165) is 37.4 Å². The molecule has 104 valence electrons. The highest BCUT2D eigenvalue weighted by Gasteiger charge is 2.10. The number of hydrogen-bond donors (Lipinski definition) is 2. The number of rotatable bonds is 4. The molecule has 0 unspecified atom stereocenters. The smallest absolute Gasteiger partial charge is 0.122 e. The Bertz CT molecular complexity index is 578. The molecule has 0 aliphatic carbocycles. The van der Waals surface area contributed by atoms with Gasteiger partial charge in [0.05, 0.1) is 6.61 Å². The molecule has 3 N–H and O–H groups in total. The number of fused-ring (bicyclic) bond motifs is 1. The quantitative estimate of drug-likeness (QED) is 0.895. The topological polar surface area (TPSA) is 47.3 Å². The van der Waals surface area contributed by atoms with Crippen molar-refractivity contribution in [3.05, 3.63) is 59.2 Å². The van der Waals surface area contributed by atoms with Crippen molar-refractivity contribution < 1.29 is 4.74 Å². The van der Waals surface area contributed by atoms with Crippen molar-refractivity contribution >= 4 is 5.69 Å². The molecule has 0 bridgehead atoms. The lowest BCUT2D eigenvalue weighted by Gasteiger charge is -2.18. The van der Waals surface area contributed by atoms with Crippen LogP contribution in [0.4, 0.5) is 5.69 Å². The minimum Gasteiger partial charge on any atom is -0.493 e. The summed E-state index contributed by atoms with van der Waals surface area (Å²) in [7, 11) is 0. The molecular weight excluding hydrogens is 248 g/mol. The van der Waals surface area contributed by atoms with Crippen molar-refractivity contribution in [2.24, 2.45) is 5.73 Å². The molecule has 3 nitrogen and oxygen atoms in total. The predicted molar refractivity (Wildman–Crippen MR) is 81.9 cm³/mol. The van der Waals surface area contributed by atoms with Gasteiger partial charge >= 0.3 is 0 Å². The number of nitrogens with two attached hydrogens (primary N) is 1. The second-order valence-corrected chi connectivity index (χ2v) is 5.15. The number of aryl methyl sites for hydroxylation is 1. The summed E-state index contributed by atoms with van der Waals surface area (Å²) in [4.78, 5) is 0. The van der Waals surface area contributed by atoms with Gasteiger partial charge in [0.15, 0.2) is 0 Å². The van der Waals surface area contributed by atoms with Gasteiger partial charge in [0.2, 0.25) is 0 Å². The Morgan fingerprint density at radius 1 is 1.05 bits per heavy atom. The van der Waals surface area contributed by atoms with Crippen molar-refractivity contribution in [2.75, 3.05) is 11.9 Å². The van der Waals surface area contributed by atoms with Crippen LogP contribution in [0.15, 0.2) is 42.5 Å². The molecule has 0 radical (unpaired) electrons. The van der Waals surface area contributed by atoms with Gasteiger partial charge in [0.25, 0.3) is 0 Å². The summed E-state index contributed by atoms with van der Waals surface area (Å²) in [5.41, 5.74) is 10.5. The van der Waals surface area contributed by atoms with Crippen LogP contribution in [-0.2, 0) is 19.5 Å². The van der Waals surface area contributed by atoms with Crippen LogP contribution in [0.5, 0.6) is 5.75 Å². The number of benzene rings is 2. The first-order valence-corrected chi connectivity index (χ1v) is 7.12. The summed E-state index contributed by atoms with van der Waals surface area (Å²) in [6.07, 6.45) is 2.22. The van der Waals surface area contributed by atoms with Crippen LogP contribution in [0.3, 0.4) is 0 Å². The first kappa shape index (κ1) is 13.0. The third kappa shape index (κ3) is 2.94. The highest BCUT2D eigenvalue weighted by atomic mass is 16.5. The molecule has 20 heavy (non-hydrogen) atoms. The average molecular weight is 268 g/mol. The van der Waals surface area contributed by atoms with Crippen molar-refractivity contribution in [1.29, 1.82) is 0 Å². The molecule has 0 atom stereocenters. The Kier molecular flexibility index (Phi) is 3.88. The number of hydrogen-bond acceptors (Lipinski definition) is 3. The van der Waals surface area contributed by atoms with E-state index in [1.54, 1.807) is 0 Å². The number of anilines is 1. The minimum absolute atomic E-state index is 0.596. The summed E-state index contributed by atoms with van der Waals surface area (Å²) < 4.78 is 5.63. The first-order chi connectivity index (χ1) is 9.85. The Morgan fingerprint density at radius 3 is 2.65 bits per heavy atom. The standard InChI is InChI=1S/C17H20N2O/c18-11-13-3-5-14(6-4-13)12-19-16-7-8-17-15(10-16)2-1-9-20-17/h3-8,10,19H,1-2,9,11-12,18H2. The molecule has 2 aromatic carbocycles. The van der Waals surface area contributed by atoms with Crippen molar-refractivity contribution in [1.82, 2.24) is 0 Å². The van der Waals surface area contributed by atoms with Gasteiger partial charge in [-0.3, -0.25) is 0 Å². The lowest BCUT2D eigenvalue weighted by molar-refractivity contribution is 0.288. The maximum absolute atomic E-state index is 5.63. The summed E-state index contributed by atoms with van der Waals surface area (Å²) in [6.45, 7) is 2.26. The van der Waals surface area contributed by atoms with Gasteiger partial charge in [-0.1, -0.05) is 24.3 Å². The maximum Gasteiger partial charge on any atom is 0.122 e. The van der Waals surface area contributed by atoms with Crippen LogP contribution in [0.1, 0.15) is 23.1 Å². The van der Waals surface area contributed by atoms with E-state index < -0.39 is 0 Å². The van der Waals surface area contributed by atoms with E-state index in [9.17, 15) is 0 Å². The molecule has 0 spiro atoms. The summed E-state index contributed by atoms with van der Waals surface area (Å²) in [6, 6.07) is 14.7. The van der Waals surface area contributed by atoms with Crippen LogP contribution in [-0.4, -0.2) is 6.61 Å². The van der Waals surface area contributed by atoms with Crippen LogP contribution < -0.4 is 15.8 Å². The van der Waals surface area contributed by atoms with Crippen LogP contribution in [0, 0.1) is 0 Å². The zero-order valence-corrected chi connectivity index (χ0v) is 11.6. The average Bonchev–Trinajstić information content (AvgIpc) is 2.53. The maximum atomic E-state index is 5.63. The fourth-order valence-electron chi connectivity index (χ4n) is 2.47. The summed E-state index contributed by atoms with van der Waals surface area (Å²) >= 11 is 0. The Labute approximate surface area is 119 Å². The third-order valence-electron chi connectivity index (χ3n) is 3.66. The van der Waals surface area contributed by atoms with Gasteiger partial charge in [-0.15, -0.1) is 0 Å². The molecule has 1 aliphatic rings. The van der Waals surface area contributed by atoms with Gasteiger partial charge in [-0.25, -0.2) is 0 Å². The summed E-state index contributed by atoms with van der Waals surface area (Å²) in [5.74, 6) is 1.04. The molecule has 0 fully saturated rings. The molecule has 1 aliphatic heterocycles. The molecule has 2 aromatic rings. The molecule has 0 amide bonds. The van der Waals surface area contributed by atoms with Crippen LogP contribution in [0.2, 0.25) is 0 Å². The summed E-state index contributed by atoms with van der Waals surface area (Å²) in [5, 5.41) is 3.46. The molecule has 3 heteroatoms. The lowest BCUT2D eigenvalue weighted by Crippen LogP contribution is -2.09.